The van der Waals surface area contributed by atoms with E-state index in [9.17, 15) is 4.79 Å². The zero-order valence-electron chi connectivity index (χ0n) is 13.1. The number of carbonyl (C=O) groups is 1. The van der Waals surface area contributed by atoms with Crippen molar-refractivity contribution in [3.63, 3.8) is 0 Å². The summed E-state index contributed by atoms with van der Waals surface area (Å²) in [6, 6.07) is 0.731. The summed E-state index contributed by atoms with van der Waals surface area (Å²) >= 11 is 0. The number of nitrogens with zero attached hydrogens (tertiary/aromatic N) is 2. The van der Waals surface area contributed by atoms with E-state index in [1.807, 2.05) is 4.90 Å². The van der Waals surface area contributed by atoms with Crippen molar-refractivity contribution in [2.75, 3.05) is 33.2 Å². The van der Waals surface area contributed by atoms with Gasteiger partial charge in [0.2, 0.25) is 0 Å². The number of rotatable bonds is 6. The van der Waals surface area contributed by atoms with E-state index in [0.717, 1.165) is 57.8 Å². The first-order chi connectivity index (χ1) is 9.00. The predicted octanol–water partition coefficient (Wildman–Crippen LogP) is 2.55. The number of hydrogen-bond acceptors (Lipinski definition) is 2. The average molecular weight is 269 g/mol. The minimum Gasteiger partial charge on any atom is -0.338 e. The van der Waals surface area contributed by atoms with Crippen LogP contribution in [0.4, 0.5) is 4.79 Å². The fourth-order valence-corrected chi connectivity index (χ4v) is 2.26. The Morgan fingerprint density at radius 1 is 1.32 bits per heavy atom. The van der Waals surface area contributed by atoms with E-state index in [0.29, 0.717) is 6.04 Å². The maximum Gasteiger partial charge on any atom is 0.317 e. The smallest absolute Gasteiger partial charge is 0.317 e. The Hall–Kier alpha value is -0.770. The largest absolute Gasteiger partial charge is 0.338 e. The van der Waals surface area contributed by atoms with Gasteiger partial charge in [0.25, 0.3) is 0 Å². The van der Waals surface area contributed by atoms with Crippen molar-refractivity contribution in [3.05, 3.63) is 0 Å². The van der Waals surface area contributed by atoms with Crippen molar-refractivity contribution < 1.29 is 4.79 Å². The third kappa shape index (κ3) is 6.28. The van der Waals surface area contributed by atoms with Crippen LogP contribution in [0.3, 0.4) is 0 Å². The zero-order chi connectivity index (χ0) is 14.3. The van der Waals surface area contributed by atoms with Gasteiger partial charge in [-0.1, -0.05) is 6.92 Å². The molecule has 19 heavy (non-hydrogen) atoms. The van der Waals surface area contributed by atoms with Crippen LogP contribution in [0.1, 0.15) is 46.5 Å². The number of unbranched alkanes of at least 4 members (excludes halogenated alkanes) is 1. The molecular weight excluding hydrogens is 238 g/mol. The molecule has 1 fully saturated rings. The molecule has 1 aliphatic heterocycles. The number of hydrogen-bond donors (Lipinski definition) is 1. The summed E-state index contributed by atoms with van der Waals surface area (Å²) in [6.45, 7) is 10.4. The highest BCUT2D eigenvalue weighted by Crippen LogP contribution is 2.15. The summed E-state index contributed by atoms with van der Waals surface area (Å²) < 4.78 is 0. The Balaban J connectivity index is 2.04. The van der Waals surface area contributed by atoms with Crippen LogP contribution in [0.15, 0.2) is 0 Å². The van der Waals surface area contributed by atoms with Crippen LogP contribution in [-0.4, -0.2) is 55.1 Å². The van der Waals surface area contributed by atoms with Gasteiger partial charge in [0.05, 0.1) is 0 Å². The molecule has 2 amide bonds. The lowest BCUT2D eigenvalue weighted by Gasteiger charge is -2.30. The standard InChI is InChI=1S/C15H31N3O/c1-13(2)17(4)10-6-5-9-16-15(19)18-11-7-14(3)8-12-18/h13-14H,5-12H2,1-4H3,(H,16,19). The summed E-state index contributed by atoms with van der Waals surface area (Å²) in [6.07, 6.45) is 4.50. The molecule has 0 saturated carbocycles. The maximum absolute atomic E-state index is 11.9. The van der Waals surface area contributed by atoms with Gasteiger partial charge in [-0.05, 0) is 59.0 Å². The first-order valence-electron chi connectivity index (χ1n) is 7.73. The minimum atomic E-state index is 0.129. The fraction of sp³-hybridized carbons (Fsp3) is 0.933. The predicted molar refractivity (Wildman–Crippen MR) is 80.4 cm³/mol. The van der Waals surface area contributed by atoms with Gasteiger partial charge in [-0.3, -0.25) is 0 Å². The lowest BCUT2D eigenvalue weighted by atomic mass is 10.00. The summed E-state index contributed by atoms with van der Waals surface area (Å²) in [5.41, 5.74) is 0. The van der Waals surface area contributed by atoms with E-state index < -0.39 is 0 Å². The second-order valence-electron chi connectivity index (χ2n) is 6.18. The van der Waals surface area contributed by atoms with E-state index >= 15 is 0 Å². The van der Waals surface area contributed by atoms with Crippen molar-refractivity contribution in [3.8, 4) is 0 Å². The van der Waals surface area contributed by atoms with Gasteiger partial charge >= 0.3 is 6.03 Å². The lowest BCUT2D eigenvalue weighted by molar-refractivity contribution is 0.173. The SMILES string of the molecule is CC1CCN(C(=O)NCCCCN(C)C(C)C)CC1. The Labute approximate surface area is 118 Å². The van der Waals surface area contributed by atoms with Crippen molar-refractivity contribution in [2.45, 2.75) is 52.5 Å². The summed E-state index contributed by atoms with van der Waals surface area (Å²) in [5, 5.41) is 3.04. The van der Waals surface area contributed by atoms with Crippen molar-refractivity contribution in [1.29, 1.82) is 0 Å². The highest BCUT2D eigenvalue weighted by atomic mass is 16.2. The van der Waals surface area contributed by atoms with E-state index in [2.05, 4.69) is 38.0 Å². The summed E-state index contributed by atoms with van der Waals surface area (Å²) in [4.78, 5) is 16.2. The number of urea groups is 1. The van der Waals surface area contributed by atoms with E-state index in [1.54, 1.807) is 0 Å². The average Bonchev–Trinajstić information content (AvgIpc) is 2.38. The third-order valence-electron chi connectivity index (χ3n) is 4.17. The number of likely N-dealkylation sites (tertiary alicyclic amines) is 1. The van der Waals surface area contributed by atoms with Crippen LogP contribution in [-0.2, 0) is 0 Å². The molecule has 0 aromatic heterocycles. The van der Waals surface area contributed by atoms with Gasteiger partial charge in [-0.2, -0.15) is 0 Å². The van der Waals surface area contributed by atoms with Crippen molar-refractivity contribution >= 4 is 6.03 Å². The molecule has 0 aromatic carbocycles. The van der Waals surface area contributed by atoms with Crippen LogP contribution in [0, 0.1) is 5.92 Å². The zero-order valence-corrected chi connectivity index (χ0v) is 13.1. The Bertz CT molecular complexity index is 260. The summed E-state index contributed by atoms with van der Waals surface area (Å²) in [7, 11) is 2.15. The maximum atomic E-state index is 11.9. The van der Waals surface area contributed by atoms with E-state index in [4.69, 9.17) is 0 Å². The second kappa shape index (κ2) is 8.41. The van der Waals surface area contributed by atoms with Gasteiger partial charge in [-0.15, -0.1) is 0 Å². The van der Waals surface area contributed by atoms with Gasteiger partial charge in [0.15, 0.2) is 0 Å². The molecule has 0 atom stereocenters. The number of nitrogens with one attached hydrogen (secondary N) is 1. The molecule has 4 heteroatoms. The van der Waals surface area contributed by atoms with Gasteiger partial charge in [-0.25, -0.2) is 4.79 Å². The Morgan fingerprint density at radius 3 is 2.53 bits per heavy atom. The normalized spacial score (nSPS) is 17.3. The molecule has 0 unspecified atom stereocenters. The first kappa shape index (κ1) is 16.3. The van der Waals surface area contributed by atoms with E-state index in [1.165, 1.54) is 0 Å². The molecule has 1 rings (SSSR count). The second-order valence-corrected chi connectivity index (χ2v) is 6.18. The molecule has 0 aliphatic carbocycles. The van der Waals surface area contributed by atoms with Gasteiger partial charge < -0.3 is 15.1 Å². The van der Waals surface area contributed by atoms with Crippen LogP contribution in [0.5, 0.6) is 0 Å². The quantitative estimate of drug-likeness (QED) is 0.752. The van der Waals surface area contributed by atoms with E-state index in [-0.39, 0.29) is 6.03 Å². The molecule has 0 spiro atoms. The van der Waals surface area contributed by atoms with Crippen LogP contribution in [0.25, 0.3) is 0 Å². The third-order valence-corrected chi connectivity index (χ3v) is 4.17. The molecule has 1 aliphatic rings. The molecule has 0 bridgehead atoms. The monoisotopic (exact) mass is 269 g/mol. The van der Waals surface area contributed by atoms with Gasteiger partial charge in [0, 0.05) is 25.7 Å². The van der Waals surface area contributed by atoms with Crippen LogP contribution < -0.4 is 5.32 Å². The fourth-order valence-electron chi connectivity index (χ4n) is 2.26. The summed E-state index contributed by atoms with van der Waals surface area (Å²) in [5.74, 6) is 0.774. The molecule has 4 nitrogen and oxygen atoms in total. The number of amides is 2. The highest BCUT2D eigenvalue weighted by molar-refractivity contribution is 5.74. The molecule has 0 aromatic rings. The highest BCUT2D eigenvalue weighted by Gasteiger charge is 2.19. The Kier molecular flexibility index (Phi) is 7.21. The lowest BCUT2D eigenvalue weighted by Crippen LogP contribution is -2.44. The topological polar surface area (TPSA) is 35.6 Å². The number of piperidine rings is 1. The molecule has 0 radical (unpaired) electrons. The Morgan fingerprint density at radius 2 is 1.95 bits per heavy atom. The first-order valence-corrected chi connectivity index (χ1v) is 7.73. The number of carbonyl (C=O) groups excluding carboxylic acids is 1. The molecule has 1 saturated heterocycles. The van der Waals surface area contributed by atoms with Crippen LogP contribution >= 0.6 is 0 Å². The molecule has 112 valence electrons. The van der Waals surface area contributed by atoms with Gasteiger partial charge in [0.1, 0.15) is 0 Å². The molecule has 1 N–H and O–H groups in total. The molecular formula is C15H31N3O. The van der Waals surface area contributed by atoms with Crippen molar-refractivity contribution in [2.24, 2.45) is 5.92 Å². The minimum absolute atomic E-state index is 0.129. The van der Waals surface area contributed by atoms with Crippen LogP contribution in [0.2, 0.25) is 0 Å². The molecule has 1 heterocycles. The van der Waals surface area contributed by atoms with Crippen molar-refractivity contribution in [1.82, 2.24) is 15.1 Å².